The predicted octanol–water partition coefficient (Wildman–Crippen LogP) is 3.41. The lowest BCUT2D eigenvalue weighted by atomic mass is 10.1. The van der Waals surface area contributed by atoms with Crippen molar-refractivity contribution in [2.45, 2.75) is 44.3 Å². The van der Waals surface area contributed by atoms with Crippen LogP contribution in [0.5, 0.6) is 5.75 Å². The van der Waals surface area contributed by atoms with Gasteiger partial charge in [-0.25, -0.2) is 9.97 Å². The number of hydrogen-bond acceptors (Lipinski definition) is 7. The molecule has 8 rings (SSSR count). The van der Waals surface area contributed by atoms with E-state index in [0.29, 0.717) is 23.1 Å². The number of imidazole rings is 1. The molecule has 2 unspecified atom stereocenters. The second-order valence-corrected chi connectivity index (χ2v) is 12.2. The minimum absolute atomic E-state index is 0.0164. The van der Waals surface area contributed by atoms with Gasteiger partial charge in [0.2, 0.25) is 0 Å². The molecule has 2 N–H and O–H groups in total. The zero-order chi connectivity index (χ0) is 27.8. The van der Waals surface area contributed by atoms with Gasteiger partial charge in [-0.15, -0.1) is 0 Å². The Morgan fingerprint density at radius 3 is 2.63 bits per heavy atom. The van der Waals surface area contributed by atoms with E-state index < -0.39 is 0 Å². The molecule has 41 heavy (non-hydrogen) atoms. The summed E-state index contributed by atoms with van der Waals surface area (Å²) in [5.74, 6) is 3.57. The topological polar surface area (TPSA) is 104 Å². The largest absolute Gasteiger partial charge is 0.494 e. The Kier molecular flexibility index (Phi) is 5.79. The van der Waals surface area contributed by atoms with E-state index in [0.717, 1.165) is 91.6 Å². The summed E-state index contributed by atoms with van der Waals surface area (Å²) in [5, 5.41) is 1.10. The first kappa shape index (κ1) is 25.1. The second kappa shape index (κ2) is 9.46. The Hall–Kier alpha value is -3.63. The van der Waals surface area contributed by atoms with Crippen molar-refractivity contribution < 1.29 is 14.3 Å². The zero-order valence-electron chi connectivity index (χ0n) is 23.8. The number of aryl methyl sites for hydroxylation is 1. The number of pyridine rings is 1. The zero-order valence-corrected chi connectivity index (χ0v) is 23.8. The van der Waals surface area contributed by atoms with Crippen LogP contribution in [0.3, 0.4) is 0 Å². The monoisotopic (exact) mass is 555 g/mol. The van der Waals surface area contributed by atoms with Crippen LogP contribution in [0.1, 0.15) is 36.0 Å². The summed E-state index contributed by atoms with van der Waals surface area (Å²) in [6.45, 7) is 4.81. The fourth-order valence-electron chi connectivity index (χ4n) is 7.28. The third-order valence-corrected chi connectivity index (χ3v) is 9.75. The molecule has 4 aliphatic rings. The summed E-state index contributed by atoms with van der Waals surface area (Å²) in [4.78, 5) is 28.2. The quantitative estimate of drug-likeness (QED) is 0.389. The van der Waals surface area contributed by atoms with Crippen LogP contribution in [0.15, 0.2) is 30.3 Å². The summed E-state index contributed by atoms with van der Waals surface area (Å²) >= 11 is 0. The molecule has 214 valence electrons. The second-order valence-electron chi connectivity index (χ2n) is 12.2. The number of fused-ring (bicyclic) bond motifs is 4. The number of nitrogens with zero attached hydrogens (tertiary/aromatic N) is 6. The Labute approximate surface area is 239 Å². The van der Waals surface area contributed by atoms with Gasteiger partial charge in [-0.3, -0.25) is 4.79 Å². The molecular weight excluding hydrogens is 518 g/mol. The minimum atomic E-state index is 0.0164. The first-order valence-electron chi connectivity index (χ1n) is 14.9. The molecule has 1 aromatic carbocycles. The Morgan fingerprint density at radius 2 is 1.93 bits per heavy atom. The highest BCUT2D eigenvalue weighted by Gasteiger charge is 2.47. The lowest BCUT2D eigenvalue weighted by molar-refractivity contribution is 0.0700. The normalized spacial score (nSPS) is 24.2. The van der Waals surface area contributed by atoms with E-state index >= 15 is 0 Å². The van der Waals surface area contributed by atoms with Gasteiger partial charge in [0.1, 0.15) is 22.7 Å². The number of piperidine rings is 1. The first-order valence-corrected chi connectivity index (χ1v) is 14.9. The SMILES string of the molecule is COc1cc(C(=O)N2CC3CCC2[C@@H]3N)cc2nc(-c3cc4ccc(N5CCOCC5)nc4n3CC3CC3)n(C)c12. The van der Waals surface area contributed by atoms with Crippen molar-refractivity contribution in [1.29, 1.82) is 0 Å². The Balaban J connectivity index is 1.22. The van der Waals surface area contributed by atoms with Crippen LogP contribution in [0, 0.1) is 11.8 Å². The lowest BCUT2D eigenvalue weighted by Crippen LogP contribution is -2.41. The van der Waals surface area contributed by atoms with E-state index in [1.807, 2.05) is 24.1 Å². The van der Waals surface area contributed by atoms with Crippen molar-refractivity contribution in [3.8, 4) is 17.3 Å². The summed E-state index contributed by atoms with van der Waals surface area (Å²) in [6.07, 6.45) is 4.58. The highest BCUT2D eigenvalue weighted by molar-refractivity contribution is 6.00. The first-order chi connectivity index (χ1) is 20.0. The summed E-state index contributed by atoms with van der Waals surface area (Å²) in [5.41, 5.74) is 10.7. The molecule has 2 aliphatic carbocycles. The average Bonchev–Trinajstić information content (AvgIpc) is 3.41. The number of rotatable bonds is 6. The smallest absolute Gasteiger partial charge is 0.254 e. The van der Waals surface area contributed by atoms with Gasteiger partial charge in [-0.05, 0) is 67.9 Å². The third-order valence-electron chi connectivity index (χ3n) is 9.75. The van der Waals surface area contributed by atoms with Crippen LogP contribution in [-0.2, 0) is 18.3 Å². The molecule has 5 heterocycles. The van der Waals surface area contributed by atoms with E-state index in [2.05, 4.69) is 32.2 Å². The minimum Gasteiger partial charge on any atom is -0.494 e. The van der Waals surface area contributed by atoms with Gasteiger partial charge >= 0.3 is 0 Å². The van der Waals surface area contributed by atoms with E-state index in [-0.39, 0.29) is 18.0 Å². The fraction of sp³-hybridized carbons (Fsp3) is 0.516. The number of carbonyl (C=O) groups excluding carboxylic acids is 1. The van der Waals surface area contributed by atoms with Gasteiger partial charge in [0.05, 0.1) is 31.5 Å². The fourth-order valence-corrected chi connectivity index (χ4v) is 7.28. The molecule has 2 saturated carbocycles. The molecule has 10 nitrogen and oxygen atoms in total. The van der Waals surface area contributed by atoms with Gasteiger partial charge < -0.3 is 34.1 Å². The van der Waals surface area contributed by atoms with E-state index in [9.17, 15) is 4.79 Å². The van der Waals surface area contributed by atoms with E-state index in [1.54, 1.807) is 7.11 Å². The molecule has 2 bridgehead atoms. The molecule has 3 aromatic heterocycles. The van der Waals surface area contributed by atoms with Crippen LogP contribution in [0.2, 0.25) is 0 Å². The molecule has 2 saturated heterocycles. The number of ether oxygens (including phenoxy) is 2. The molecule has 2 aliphatic heterocycles. The maximum Gasteiger partial charge on any atom is 0.254 e. The van der Waals surface area contributed by atoms with E-state index in [4.69, 9.17) is 25.2 Å². The lowest BCUT2D eigenvalue weighted by Gasteiger charge is -2.27. The van der Waals surface area contributed by atoms with Gasteiger partial charge in [0.15, 0.2) is 5.82 Å². The maximum absolute atomic E-state index is 13.7. The number of benzene rings is 1. The number of methoxy groups -OCH3 is 1. The summed E-state index contributed by atoms with van der Waals surface area (Å²) < 4.78 is 15.9. The molecule has 0 spiro atoms. The van der Waals surface area contributed by atoms with Gasteiger partial charge in [-0.2, -0.15) is 0 Å². The number of nitrogens with two attached hydrogens (primary N) is 1. The number of carbonyl (C=O) groups is 1. The van der Waals surface area contributed by atoms with Crippen molar-refractivity contribution in [1.82, 2.24) is 24.0 Å². The van der Waals surface area contributed by atoms with Crippen molar-refractivity contribution in [2.75, 3.05) is 44.9 Å². The average molecular weight is 556 g/mol. The number of aromatic nitrogens is 4. The molecule has 4 fully saturated rings. The Morgan fingerprint density at radius 1 is 1.10 bits per heavy atom. The molecule has 3 atom stereocenters. The molecule has 10 heteroatoms. The standard InChI is InChI=1S/C31H37N7O3/c1-35-28-22(13-21(15-25(28)40-2)31(39)38-17-20-5-7-23(38)27(20)32)33-30(35)24-14-19-6-8-26(36-9-11-41-12-10-36)34-29(19)37(24)16-18-3-4-18/h6,8,13-15,18,20,23,27H,3-5,7,9-12,16-17,32H2,1-2H3/t20?,23?,27-/m1/s1. The van der Waals surface area contributed by atoms with Crippen molar-refractivity contribution in [3.63, 3.8) is 0 Å². The number of likely N-dealkylation sites (tertiary alicyclic amines) is 1. The van der Waals surface area contributed by atoms with Crippen molar-refractivity contribution >= 4 is 33.8 Å². The predicted molar refractivity (Wildman–Crippen MR) is 157 cm³/mol. The van der Waals surface area contributed by atoms with Gasteiger partial charge in [-0.1, -0.05) is 0 Å². The van der Waals surface area contributed by atoms with Crippen LogP contribution in [0.25, 0.3) is 33.6 Å². The van der Waals surface area contributed by atoms with Gasteiger partial charge in [0.25, 0.3) is 5.91 Å². The van der Waals surface area contributed by atoms with Crippen LogP contribution >= 0.6 is 0 Å². The summed E-state index contributed by atoms with van der Waals surface area (Å²) in [7, 11) is 3.68. The molecule has 1 amide bonds. The number of amides is 1. The maximum atomic E-state index is 13.7. The van der Waals surface area contributed by atoms with Crippen LogP contribution in [0.4, 0.5) is 5.82 Å². The molecule has 0 radical (unpaired) electrons. The van der Waals surface area contributed by atoms with Crippen LogP contribution in [-0.4, -0.2) is 82.0 Å². The third kappa shape index (κ3) is 4.02. The highest BCUT2D eigenvalue weighted by atomic mass is 16.5. The highest BCUT2D eigenvalue weighted by Crippen LogP contribution is 2.40. The molecular formula is C31H37N7O3. The molecule has 4 aromatic rings. The number of morpholine rings is 1. The van der Waals surface area contributed by atoms with Gasteiger partial charge in [0, 0.05) is 56.3 Å². The van der Waals surface area contributed by atoms with Crippen molar-refractivity contribution in [3.05, 3.63) is 35.9 Å². The summed E-state index contributed by atoms with van der Waals surface area (Å²) in [6, 6.07) is 10.5. The van der Waals surface area contributed by atoms with E-state index in [1.165, 1.54) is 12.8 Å². The van der Waals surface area contributed by atoms with Crippen LogP contribution < -0.4 is 15.4 Å². The Bertz CT molecular complexity index is 1670. The number of anilines is 1. The number of hydrogen-bond donors (Lipinski definition) is 1. The van der Waals surface area contributed by atoms with Crippen molar-refractivity contribution in [2.24, 2.45) is 24.6 Å².